The van der Waals surface area contributed by atoms with Crippen LogP contribution in [-0.4, -0.2) is 6.29 Å². The minimum Gasteiger partial charge on any atom is -0.303 e. The van der Waals surface area contributed by atoms with Crippen molar-refractivity contribution >= 4 is 6.29 Å². The second kappa shape index (κ2) is 6.19. The van der Waals surface area contributed by atoms with E-state index in [4.69, 9.17) is 0 Å². The molecule has 0 aromatic heterocycles. The SMILES string of the molecule is O=CCCCC(C1=CC=CC1)c1ccccc1. The normalized spacial score (nSPS) is 15.6. The lowest BCUT2D eigenvalue weighted by Crippen LogP contribution is -2.02. The molecule has 1 aromatic carbocycles. The number of benzene rings is 1. The van der Waals surface area contributed by atoms with Crippen LogP contribution in [0.25, 0.3) is 0 Å². The molecule has 1 aromatic rings. The molecule has 0 heterocycles. The fraction of sp³-hybridized carbons (Fsp3) is 0.312. The Hall–Kier alpha value is -1.63. The van der Waals surface area contributed by atoms with Gasteiger partial charge >= 0.3 is 0 Å². The van der Waals surface area contributed by atoms with Crippen LogP contribution in [0.2, 0.25) is 0 Å². The molecular formula is C16H18O. The van der Waals surface area contributed by atoms with Gasteiger partial charge in [0.25, 0.3) is 0 Å². The predicted molar refractivity (Wildman–Crippen MR) is 70.9 cm³/mol. The number of rotatable bonds is 6. The molecule has 1 unspecified atom stereocenters. The molecule has 1 aliphatic carbocycles. The summed E-state index contributed by atoms with van der Waals surface area (Å²) in [6.07, 6.45) is 11.3. The van der Waals surface area contributed by atoms with Crippen molar-refractivity contribution in [2.24, 2.45) is 0 Å². The third-order valence-corrected chi connectivity index (χ3v) is 3.26. The van der Waals surface area contributed by atoms with E-state index < -0.39 is 0 Å². The smallest absolute Gasteiger partial charge is 0.119 e. The van der Waals surface area contributed by atoms with Gasteiger partial charge in [-0.2, -0.15) is 0 Å². The first-order valence-corrected chi connectivity index (χ1v) is 6.26. The Bertz CT molecular complexity index is 414. The van der Waals surface area contributed by atoms with E-state index in [-0.39, 0.29) is 0 Å². The van der Waals surface area contributed by atoms with Gasteiger partial charge in [-0.25, -0.2) is 0 Å². The molecular weight excluding hydrogens is 208 g/mol. The third-order valence-electron chi connectivity index (χ3n) is 3.26. The van der Waals surface area contributed by atoms with Crippen LogP contribution < -0.4 is 0 Å². The average Bonchev–Trinajstić information content (AvgIpc) is 2.89. The number of carbonyl (C=O) groups is 1. The van der Waals surface area contributed by atoms with E-state index in [1.165, 1.54) is 11.1 Å². The Morgan fingerprint density at radius 3 is 2.71 bits per heavy atom. The summed E-state index contributed by atoms with van der Waals surface area (Å²) in [5, 5.41) is 0. The lowest BCUT2D eigenvalue weighted by atomic mass is 9.86. The van der Waals surface area contributed by atoms with Gasteiger partial charge in [-0.05, 0) is 24.8 Å². The summed E-state index contributed by atoms with van der Waals surface area (Å²) in [6.45, 7) is 0. The maximum absolute atomic E-state index is 10.4. The van der Waals surface area contributed by atoms with Crippen LogP contribution in [0.5, 0.6) is 0 Å². The van der Waals surface area contributed by atoms with Crippen molar-refractivity contribution < 1.29 is 4.79 Å². The van der Waals surface area contributed by atoms with Crippen molar-refractivity contribution in [3.8, 4) is 0 Å². The lowest BCUT2D eigenvalue weighted by Gasteiger charge is -2.18. The topological polar surface area (TPSA) is 17.1 Å². The van der Waals surface area contributed by atoms with Crippen molar-refractivity contribution in [3.63, 3.8) is 0 Å². The minimum atomic E-state index is 0.478. The van der Waals surface area contributed by atoms with Crippen LogP contribution in [0.1, 0.15) is 37.2 Å². The standard InChI is InChI=1S/C16H18O/c17-13-7-6-12-16(15-10-4-5-11-15)14-8-2-1-3-9-14/h1-5,8-10,13,16H,6-7,11-12H2. The second-order valence-electron chi connectivity index (χ2n) is 4.43. The van der Waals surface area contributed by atoms with Crippen molar-refractivity contribution in [1.82, 2.24) is 0 Å². The first-order valence-electron chi connectivity index (χ1n) is 6.26. The zero-order valence-corrected chi connectivity index (χ0v) is 10.0. The molecule has 0 spiro atoms. The van der Waals surface area contributed by atoms with Gasteiger partial charge in [0.05, 0.1) is 0 Å². The summed E-state index contributed by atoms with van der Waals surface area (Å²) in [4.78, 5) is 10.4. The molecule has 17 heavy (non-hydrogen) atoms. The second-order valence-corrected chi connectivity index (χ2v) is 4.43. The van der Waals surface area contributed by atoms with Gasteiger partial charge in [0.15, 0.2) is 0 Å². The van der Waals surface area contributed by atoms with E-state index >= 15 is 0 Å². The van der Waals surface area contributed by atoms with Gasteiger partial charge in [-0.3, -0.25) is 0 Å². The maximum atomic E-state index is 10.4. The van der Waals surface area contributed by atoms with Gasteiger partial charge in [0.1, 0.15) is 6.29 Å². The number of hydrogen-bond acceptors (Lipinski definition) is 1. The van der Waals surface area contributed by atoms with Crippen LogP contribution in [0.4, 0.5) is 0 Å². The van der Waals surface area contributed by atoms with Crippen LogP contribution in [0, 0.1) is 0 Å². The number of carbonyl (C=O) groups excluding carboxylic acids is 1. The van der Waals surface area contributed by atoms with Crippen LogP contribution >= 0.6 is 0 Å². The zero-order chi connectivity index (χ0) is 11.9. The highest BCUT2D eigenvalue weighted by molar-refractivity contribution is 5.49. The molecule has 1 aliphatic rings. The van der Waals surface area contributed by atoms with Crippen LogP contribution in [0.15, 0.2) is 54.1 Å². The number of hydrogen-bond donors (Lipinski definition) is 0. The molecule has 1 atom stereocenters. The van der Waals surface area contributed by atoms with E-state index in [1.54, 1.807) is 0 Å². The molecule has 1 heteroatoms. The molecule has 0 radical (unpaired) electrons. The van der Waals surface area contributed by atoms with Crippen molar-refractivity contribution in [2.75, 3.05) is 0 Å². The Morgan fingerprint density at radius 1 is 1.24 bits per heavy atom. The molecule has 2 rings (SSSR count). The summed E-state index contributed by atoms with van der Waals surface area (Å²) >= 11 is 0. The molecule has 0 amide bonds. The maximum Gasteiger partial charge on any atom is 0.119 e. The minimum absolute atomic E-state index is 0.478. The monoisotopic (exact) mass is 226 g/mol. The summed E-state index contributed by atoms with van der Waals surface area (Å²) in [5.74, 6) is 0.478. The summed E-state index contributed by atoms with van der Waals surface area (Å²) < 4.78 is 0. The number of unbranched alkanes of at least 4 members (excludes halogenated alkanes) is 1. The van der Waals surface area contributed by atoms with Gasteiger partial charge in [-0.15, -0.1) is 0 Å². The summed E-state index contributed by atoms with van der Waals surface area (Å²) in [6, 6.07) is 10.6. The van der Waals surface area contributed by atoms with Gasteiger partial charge in [-0.1, -0.05) is 54.1 Å². The predicted octanol–water partition coefficient (Wildman–Crippen LogP) is 4.03. The van der Waals surface area contributed by atoms with E-state index in [2.05, 4.69) is 42.5 Å². The molecule has 0 N–H and O–H groups in total. The quantitative estimate of drug-likeness (QED) is 0.529. The van der Waals surface area contributed by atoms with Crippen molar-refractivity contribution in [2.45, 2.75) is 31.6 Å². The highest BCUT2D eigenvalue weighted by Gasteiger charge is 2.16. The molecule has 88 valence electrons. The van der Waals surface area contributed by atoms with E-state index in [9.17, 15) is 4.79 Å². The number of allylic oxidation sites excluding steroid dienone is 4. The zero-order valence-electron chi connectivity index (χ0n) is 10.0. The van der Waals surface area contributed by atoms with E-state index in [1.807, 2.05) is 6.07 Å². The Labute approximate surface area is 103 Å². The largest absolute Gasteiger partial charge is 0.303 e. The average molecular weight is 226 g/mol. The first kappa shape index (κ1) is 11.8. The molecule has 0 fully saturated rings. The van der Waals surface area contributed by atoms with Crippen LogP contribution in [0.3, 0.4) is 0 Å². The van der Waals surface area contributed by atoms with Gasteiger partial charge in [0.2, 0.25) is 0 Å². The highest BCUT2D eigenvalue weighted by Crippen LogP contribution is 2.33. The first-order chi connectivity index (χ1) is 8.42. The summed E-state index contributed by atoms with van der Waals surface area (Å²) in [7, 11) is 0. The van der Waals surface area contributed by atoms with Crippen molar-refractivity contribution in [1.29, 1.82) is 0 Å². The molecule has 0 aliphatic heterocycles. The fourth-order valence-corrected chi connectivity index (χ4v) is 2.38. The Morgan fingerprint density at radius 2 is 2.06 bits per heavy atom. The van der Waals surface area contributed by atoms with Crippen LogP contribution in [-0.2, 0) is 4.79 Å². The lowest BCUT2D eigenvalue weighted by molar-refractivity contribution is -0.107. The van der Waals surface area contributed by atoms with Crippen molar-refractivity contribution in [3.05, 3.63) is 59.7 Å². The van der Waals surface area contributed by atoms with Gasteiger partial charge < -0.3 is 4.79 Å². The Kier molecular flexibility index (Phi) is 4.31. The number of aldehydes is 1. The third kappa shape index (κ3) is 3.16. The Balaban J connectivity index is 2.10. The molecule has 0 saturated carbocycles. The van der Waals surface area contributed by atoms with E-state index in [0.717, 1.165) is 25.5 Å². The molecule has 0 bridgehead atoms. The highest BCUT2D eigenvalue weighted by atomic mass is 16.1. The van der Waals surface area contributed by atoms with E-state index in [0.29, 0.717) is 12.3 Å². The molecule has 1 nitrogen and oxygen atoms in total. The fourth-order valence-electron chi connectivity index (χ4n) is 2.38. The summed E-state index contributed by atoms with van der Waals surface area (Å²) in [5.41, 5.74) is 2.84. The van der Waals surface area contributed by atoms with Gasteiger partial charge in [0, 0.05) is 12.3 Å². The molecule has 0 saturated heterocycles.